The minimum atomic E-state index is -2.69. The Hall–Kier alpha value is -1.69. The van der Waals surface area contributed by atoms with Gasteiger partial charge in [0.2, 0.25) is 0 Å². The van der Waals surface area contributed by atoms with Gasteiger partial charge in [-0.2, -0.15) is 0 Å². The zero-order valence-corrected chi connectivity index (χ0v) is 20.2. The van der Waals surface area contributed by atoms with Crippen LogP contribution in [-0.4, -0.2) is 44.0 Å². The fourth-order valence-corrected chi connectivity index (χ4v) is 3.50. The van der Waals surface area contributed by atoms with Crippen molar-refractivity contribution in [1.82, 2.24) is 0 Å². The van der Waals surface area contributed by atoms with Crippen LogP contribution in [0.15, 0.2) is 30.3 Å². The Morgan fingerprint density at radius 3 is 1.93 bits per heavy atom. The smallest absolute Gasteiger partial charge is 0.327 e. The number of rotatable bonds is 10. The van der Waals surface area contributed by atoms with E-state index in [1.165, 1.54) is 6.66 Å². The lowest BCUT2D eigenvalue weighted by molar-refractivity contribution is -0.161. The summed E-state index contributed by atoms with van der Waals surface area (Å²) in [5.41, 5.74) is 0.447. The number of ether oxygens (including phenoxy) is 2. The van der Waals surface area contributed by atoms with Crippen LogP contribution in [0.25, 0.3) is 0 Å². The van der Waals surface area contributed by atoms with Crippen molar-refractivity contribution in [2.45, 2.75) is 60.0 Å². The van der Waals surface area contributed by atoms with Crippen LogP contribution in [0.3, 0.4) is 0 Å². The Morgan fingerprint density at radius 2 is 1.50 bits per heavy atom. The number of carbonyl (C=O) groups is 2. The molecule has 1 atom stereocenters. The second-order valence-electron chi connectivity index (χ2n) is 7.54. The maximum atomic E-state index is 12.0. The van der Waals surface area contributed by atoms with E-state index < -0.39 is 19.1 Å². The largest absolute Gasteiger partial charge is 0.466 e. The second-order valence-corrected chi connectivity index (χ2v) is 9.60. The van der Waals surface area contributed by atoms with Gasteiger partial charge in [0, 0.05) is 6.66 Å². The standard InChI is InChI=1S/C17H24O4.C5H13O3P/c1-5-20-16(19)14(11-13-9-7-6-8-10-13)12-15(18)21-17(2,3)4;1-4-7-9(3,6)8-5-2/h6-10,14H,5,11-12H2,1-4H3;4-5H2,1-3H3. The molecule has 1 unspecified atom stereocenters. The van der Waals surface area contributed by atoms with Gasteiger partial charge in [0.25, 0.3) is 0 Å². The van der Waals surface area contributed by atoms with Gasteiger partial charge in [0.15, 0.2) is 0 Å². The van der Waals surface area contributed by atoms with Crippen molar-refractivity contribution in [2.24, 2.45) is 5.92 Å². The lowest BCUT2D eigenvalue weighted by atomic mass is 9.96. The number of hydrogen-bond donors (Lipinski definition) is 0. The topological polar surface area (TPSA) is 88.1 Å². The average Bonchev–Trinajstić information content (AvgIpc) is 2.61. The third-order valence-corrected chi connectivity index (χ3v) is 4.96. The molecule has 0 aliphatic heterocycles. The summed E-state index contributed by atoms with van der Waals surface area (Å²) in [7, 11) is -2.69. The van der Waals surface area contributed by atoms with Gasteiger partial charge in [-0.25, -0.2) is 0 Å². The predicted octanol–water partition coefficient (Wildman–Crippen LogP) is 5.02. The van der Waals surface area contributed by atoms with Crippen LogP contribution in [-0.2, 0) is 39.1 Å². The van der Waals surface area contributed by atoms with Crippen LogP contribution < -0.4 is 0 Å². The van der Waals surface area contributed by atoms with Crippen molar-refractivity contribution in [3.8, 4) is 0 Å². The van der Waals surface area contributed by atoms with E-state index in [1.54, 1.807) is 20.8 Å². The fraction of sp³-hybridized carbons (Fsp3) is 0.636. The molecule has 0 saturated heterocycles. The molecule has 1 rings (SSSR count). The Kier molecular flexibility index (Phi) is 13.5. The summed E-state index contributed by atoms with van der Waals surface area (Å²) in [5.74, 6) is -1.24. The van der Waals surface area contributed by atoms with E-state index in [9.17, 15) is 14.2 Å². The molecule has 0 spiro atoms. The molecular formula is C22H37O7P. The van der Waals surface area contributed by atoms with E-state index >= 15 is 0 Å². The number of benzene rings is 1. The molecule has 0 bridgehead atoms. The molecule has 8 heteroatoms. The lowest BCUT2D eigenvalue weighted by Gasteiger charge is -2.21. The van der Waals surface area contributed by atoms with E-state index in [4.69, 9.17) is 18.5 Å². The highest BCUT2D eigenvalue weighted by molar-refractivity contribution is 7.52. The molecule has 172 valence electrons. The van der Waals surface area contributed by atoms with Gasteiger partial charge in [-0.1, -0.05) is 30.3 Å². The molecule has 0 aliphatic carbocycles. The van der Waals surface area contributed by atoms with Crippen LogP contribution in [0.5, 0.6) is 0 Å². The summed E-state index contributed by atoms with van der Waals surface area (Å²) in [5, 5.41) is 0. The molecule has 1 aromatic carbocycles. The van der Waals surface area contributed by atoms with Crippen LogP contribution in [0.4, 0.5) is 0 Å². The summed E-state index contributed by atoms with van der Waals surface area (Å²) in [6.45, 7) is 13.4. The van der Waals surface area contributed by atoms with E-state index in [2.05, 4.69) is 0 Å². The molecule has 0 N–H and O–H groups in total. The van der Waals surface area contributed by atoms with Crippen molar-refractivity contribution in [1.29, 1.82) is 0 Å². The molecule has 0 radical (unpaired) electrons. The molecule has 0 saturated carbocycles. The van der Waals surface area contributed by atoms with Gasteiger partial charge in [-0.3, -0.25) is 14.2 Å². The van der Waals surface area contributed by atoms with Crippen LogP contribution in [0.1, 0.15) is 53.5 Å². The summed E-state index contributed by atoms with van der Waals surface area (Å²) in [6.07, 6.45) is 0.504. The quantitative estimate of drug-likeness (QED) is 0.370. The van der Waals surface area contributed by atoms with Gasteiger partial charge in [0.1, 0.15) is 5.60 Å². The Balaban J connectivity index is 0.000000787. The molecule has 0 aliphatic rings. The summed E-state index contributed by atoms with van der Waals surface area (Å²) in [4.78, 5) is 24.0. The molecule has 0 amide bonds. The Labute approximate surface area is 181 Å². The van der Waals surface area contributed by atoms with Gasteiger partial charge < -0.3 is 18.5 Å². The molecular weight excluding hydrogens is 407 g/mol. The maximum Gasteiger partial charge on any atom is 0.327 e. The SMILES string of the molecule is CCOC(=O)C(CC(=O)OC(C)(C)C)Cc1ccccc1.CCOP(C)(=O)OCC. The summed E-state index contributed by atoms with van der Waals surface area (Å²) >= 11 is 0. The Morgan fingerprint density at radius 1 is 0.967 bits per heavy atom. The minimum absolute atomic E-state index is 0.0327. The highest BCUT2D eigenvalue weighted by Gasteiger charge is 2.26. The third kappa shape index (κ3) is 14.3. The molecule has 0 heterocycles. The zero-order chi connectivity index (χ0) is 23.2. The van der Waals surface area contributed by atoms with Crippen LogP contribution >= 0.6 is 7.60 Å². The normalized spacial score (nSPS) is 12.4. The zero-order valence-electron chi connectivity index (χ0n) is 19.3. The highest BCUT2D eigenvalue weighted by atomic mass is 31.2. The number of esters is 2. The number of carbonyl (C=O) groups excluding carboxylic acids is 2. The van der Waals surface area contributed by atoms with Gasteiger partial charge in [-0.05, 0) is 53.5 Å². The van der Waals surface area contributed by atoms with Gasteiger partial charge >= 0.3 is 19.5 Å². The van der Waals surface area contributed by atoms with Crippen LogP contribution in [0.2, 0.25) is 0 Å². The molecule has 0 fully saturated rings. The van der Waals surface area contributed by atoms with Crippen molar-refractivity contribution >= 4 is 19.5 Å². The summed E-state index contributed by atoms with van der Waals surface area (Å²) in [6, 6.07) is 9.59. The van der Waals surface area contributed by atoms with E-state index in [0.717, 1.165) is 5.56 Å². The first-order valence-electron chi connectivity index (χ1n) is 10.2. The average molecular weight is 445 g/mol. The van der Waals surface area contributed by atoms with Crippen LogP contribution in [0, 0.1) is 5.92 Å². The van der Waals surface area contributed by atoms with Gasteiger partial charge in [-0.15, -0.1) is 0 Å². The van der Waals surface area contributed by atoms with E-state index in [-0.39, 0.29) is 18.4 Å². The monoisotopic (exact) mass is 444 g/mol. The van der Waals surface area contributed by atoms with E-state index in [0.29, 0.717) is 26.2 Å². The van der Waals surface area contributed by atoms with Crippen molar-refractivity contribution in [3.05, 3.63) is 35.9 Å². The first-order chi connectivity index (χ1) is 13.9. The minimum Gasteiger partial charge on any atom is -0.466 e. The molecule has 7 nitrogen and oxygen atoms in total. The summed E-state index contributed by atoms with van der Waals surface area (Å²) < 4.78 is 30.9. The molecule has 0 aromatic heterocycles. The molecule has 30 heavy (non-hydrogen) atoms. The first-order valence-corrected chi connectivity index (χ1v) is 12.2. The van der Waals surface area contributed by atoms with Gasteiger partial charge in [0.05, 0.1) is 32.2 Å². The maximum absolute atomic E-state index is 12.0. The van der Waals surface area contributed by atoms with Crippen molar-refractivity contribution in [2.75, 3.05) is 26.5 Å². The second kappa shape index (κ2) is 14.3. The van der Waals surface area contributed by atoms with Crippen molar-refractivity contribution < 1.29 is 32.7 Å². The highest BCUT2D eigenvalue weighted by Crippen LogP contribution is 2.43. The third-order valence-electron chi connectivity index (χ3n) is 3.51. The first kappa shape index (κ1) is 28.3. The lowest BCUT2D eigenvalue weighted by Crippen LogP contribution is -2.29. The number of hydrogen-bond acceptors (Lipinski definition) is 7. The van der Waals surface area contributed by atoms with Crippen molar-refractivity contribution in [3.63, 3.8) is 0 Å². The van der Waals surface area contributed by atoms with E-state index in [1.807, 2.05) is 51.1 Å². The fourth-order valence-electron chi connectivity index (χ4n) is 2.49. The molecule has 1 aromatic rings. The Bertz CT molecular complexity index is 658. The predicted molar refractivity (Wildman–Crippen MR) is 118 cm³/mol.